The Labute approximate surface area is 286 Å². The Morgan fingerprint density at radius 1 is 0.478 bits per heavy atom. The molecule has 0 amide bonds. The highest BCUT2D eigenvalue weighted by atomic mass is 16.6. The fourth-order valence-corrected chi connectivity index (χ4v) is 6.87. The van der Waals surface area contributed by atoms with E-state index in [0.717, 1.165) is 19.3 Å². The number of hydrogen-bond acceptors (Lipinski definition) is 6. The first-order chi connectivity index (χ1) is 22.7. The summed E-state index contributed by atoms with van der Waals surface area (Å²) in [4.78, 5) is 0. The Hall–Kier alpha value is -0.240. The molecule has 0 unspecified atom stereocenters. The van der Waals surface area contributed by atoms with Crippen LogP contribution in [0.25, 0.3) is 0 Å². The van der Waals surface area contributed by atoms with E-state index < -0.39 is 24.4 Å². The van der Waals surface area contributed by atoms with E-state index in [4.69, 9.17) is 18.9 Å². The fraction of sp³-hybridized carbons (Fsp3) is 1.00. The molecule has 1 fully saturated rings. The molecular weight excluding hydrogens is 576 g/mol. The monoisotopic (exact) mass is 657 g/mol. The van der Waals surface area contributed by atoms with Crippen molar-refractivity contribution in [2.75, 3.05) is 33.5 Å². The minimum Gasteiger partial charge on any atom is -0.394 e. The minimum atomic E-state index is -0.918. The third-order valence-corrected chi connectivity index (χ3v) is 9.94. The van der Waals surface area contributed by atoms with Crippen molar-refractivity contribution >= 4 is 0 Å². The molecule has 0 radical (unpaired) electrons. The lowest BCUT2D eigenvalue weighted by Gasteiger charge is -2.43. The van der Waals surface area contributed by atoms with Gasteiger partial charge in [-0.3, -0.25) is 0 Å². The van der Waals surface area contributed by atoms with Crippen LogP contribution < -0.4 is 0 Å². The van der Waals surface area contributed by atoms with E-state index in [-0.39, 0.29) is 12.7 Å². The van der Waals surface area contributed by atoms with E-state index in [1.807, 2.05) is 0 Å². The number of rotatable bonds is 35. The van der Waals surface area contributed by atoms with E-state index in [1.54, 1.807) is 7.11 Å². The highest BCUT2D eigenvalue weighted by Gasteiger charge is 2.46. The fourth-order valence-electron chi connectivity index (χ4n) is 6.87. The molecule has 46 heavy (non-hydrogen) atoms. The second-order valence-electron chi connectivity index (χ2n) is 14.2. The smallest absolute Gasteiger partial charge is 0.115 e. The summed E-state index contributed by atoms with van der Waals surface area (Å²) in [5.41, 5.74) is 0. The molecule has 5 atom stereocenters. The van der Waals surface area contributed by atoms with Gasteiger partial charge in [-0.05, 0) is 12.8 Å². The van der Waals surface area contributed by atoms with Gasteiger partial charge in [0.1, 0.15) is 30.5 Å². The Kier molecular flexibility index (Phi) is 31.7. The van der Waals surface area contributed by atoms with Crippen LogP contribution in [0, 0.1) is 0 Å². The predicted molar refractivity (Wildman–Crippen MR) is 194 cm³/mol. The maximum absolute atomic E-state index is 10.7. The van der Waals surface area contributed by atoms with Crippen LogP contribution in [0.2, 0.25) is 0 Å². The van der Waals surface area contributed by atoms with Gasteiger partial charge < -0.3 is 29.2 Å². The molecule has 6 heteroatoms. The average molecular weight is 657 g/mol. The number of unbranched alkanes of at least 4 members (excludes halogenated alkanes) is 26. The van der Waals surface area contributed by atoms with Crippen LogP contribution in [0.1, 0.15) is 194 Å². The topological polar surface area (TPSA) is 77.4 Å². The van der Waals surface area contributed by atoms with Gasteiger partial charge >= 0.3 is 0 Å². The Bertz CT molecular complexity index is 604. The van der Waals surface area contributed by atoms with Gasteiger partial charge in [-0.2, -0.15) is 0 Å². The molecule has 0 aromatic carbocycles. The molecule has 2 N–H and O–H groups in total. The summed E-state index contributed by atoms with van der Waals surface area (Å²) in [5.74, 6) is 0. The van der Waals surface area contributed by atoms with Gasteiger partial charge in [0.15, 0.2) is 0 Å². The minimum absolute atomic E-state index is 0.248. The van der Waals surface area contributed by atoms with Gasteiger partial charge in [0.05, 0.1) is 13.2 Å². The number of aliphatic hydroxyl groups excluding tert-OH is 2. The lowest BCUT2D eigenvalue weighted by molar-refractivity contribution is -0.256. The predicted octanol–water partition coefficient (Wildman–Crippen LogP) is 10.5. The Balaban J connectivity index is 2.14. The quantitative estimate of drug-likeness (QED) is 0.0661. The van der Waals surface area contributed by atoms with Gasteiger partial charge in [-0.25, -0.2) is 0 Å². The van der Waals surface area contributed by atoms with Crippen molar-refractivity contribution in [1.29, 1.82) is 0 Å². The number of aliphatic hydroxyl groups is 2. The van der Waals surface area contributed by atoms with Gasteiger partial charge in [0, 0.05) is 20.3 Å². The SMILES string of the molecule is CCCCCCCCCCCCCCCCOC[C@@H]1O[C@H](CO)[C@@H](O)[C@H](OC)[C@H]1OCCCCCCCCCCCCCCCC. The standard InChI is InChI=1S/C40H80O6/c1-4-6-8-10-12-14-16-18-20-22-24-26-28-30-32-44-35-37-39(40(43-3)38(42)36(34-41)46-37)45-33-31-29-27-25-23-21-19-17-15-13-11-9-7-5-2/h36-42H,4-35H2,1-3H3/t36-,37+,38-,39+,40+/m1/s1. The summed E-state index contributed by atoms with van der Waals surface area (Å²) in [7, 11) is 1.60. The van der Waals surface area contributed by atoms with E-state index in [9.17, 15) is 10.2 Å². The van der Waals surface area contributed by atoms with Crippen molar-refractivity contribution in [3.05, 3.63) is 0 Å². The molecule has 0 bridgehead atoms. The number of methoxy groups -OCH3 is 1. The molecule has 1 aliphatic heterocycles. The maximum Gasteiger partial charge on any atom is 0.115 e. The zero-order valence-electron chi connectivity index (χ0n) is 31.0. The maximum atomic E-state index is 10.7. The summed E-state index contributed by atoms with van der Waals surface area (Å²) in [6.07, 6.45) is 34.5. The summed E-state index contributed by atoms with van der Waals surface area (Å²) in [5, 5.41) is 20.5. The molecule has 276 valence electrons. The van der Waals surface area contributed by atoms with Crippen LogP contribution in [0.15, 0.2) is 0 Å². The molecule has 0 saturated carbocycles. The molecule has 0 spiro atoms. The lowest BCUT2D eigenvalue weighted by atomic mass is 9.95. The zero-order chi connectivity index (χ0) is 33.3. The van der Waals surface area contributed by atoms with Crippen molar-refractivity contribution in [3.8, 4) is 0 Å². The van der Waals surface area contributed by atoms with Gasteiger partial charge in [-0.15, -0.1) is 0 Å². The van der Waals surface area contributed by atoms with E-state index in [1.165, 1.54) is 161 Å². The highest BCUT2D eigenvalue weighted by Crippen LogP contribution is 2.26. The molecule has 1 aliphatic rings. The van der Waals surface area contributed by atoms with Gasteiger partial charge in [0.2, 0.25) is 0 Å². The molecule has 0 aliphatic carbocycles. The number of ether oxygens (including phenoxy) is 4. The molecule has 0 aromatic heterocycles. The van der Waals surface area contributed by atoms with E-state index >= 15 is 0 Å². The summed E-state index contributed by atoms with van der Waals surface area (Å²) in [6.45, 7) is 6.03. The summed E-state index contributed by atoms with van der Waals surface area (Å²) >= 11 is 0. The largest absolute Gasteiger partial charge is 0.394 e. The van der Waals surface area contributed by atoms with Gasteiger partial charge in [-0.1, -0.05) is 181 Å². The molecule has 6 nitrogen and oxygen atoms in total. The van der Waals surface area contributed by atoms with Crippen LogP contribution in [-0.2, 0) is 18.9 Å². The lowest BCUT2D eigenvalue weighted by Crippen LogP contribution is -2.61. The first-order valence-electron chi connectivity index (χ1n) is 20.4. The molecule has 1 rings (SSSR count). The normalized spacial score (nSPS) is 21.7. The van der Waals surface area contributed by atoms with Crippen LogP contribution >= 0.6 is 0 Å². The third-order valence-electron chi connectivity index (χ3n) is 9.94. The number of hydrogen-bond donors (Lipinski definition) is 2. The highest BCUT2D eigenvalue weighted by molar-refractivity contribution is 4.94. The van der Waals surface area contributed by atoms with Crippen molar-refractivity contribution in [2.24, 2.45) is 0 Å². The first kappa shape index (κ1) is 43.8. The molecule has 1 heterocycles. The van der Waals surface area contributed by atoms with Crippen LogP contribution in [0.4, 0.5) is 0 Å². The van der Waals surface area contributed by atoms with Crippen LogP contribution in [0.3, 0.4) is 0 Å². The summed E-state index contributed by atoms with van der Waals surface area (Å²) in [6, 6.07) is 0. The second kappa shape index (κ2) is 33.3. The first-order valence-corrected chi connectivity index (χ1v) is 20.4. The van der Waals surface area contributed by atoms with Gasteiger partial charge in [0.25, 0.3) is 0 Å². The molecule has 0 aromatic rings. The second-order valence-corrected chi connectivity index (χ2v) is 14.2. The third kappa shape index (κ3) is 23.2. The Morgan fingerprint density at radius 2 is 0.848 bits per heavy atom. The molecular formula is C40H80O6. The zero-order valence-corrected chi connectivity index (χ0v) is 31.0. The summed E-state index contributed by atoms with van der Waals surface area (Å²) < 4.78 is 24.0. The van der Waals surface area contributed by atoms with Crippen LogP contribution in [-0.4, -0.2) is 74.3 Å². The van der Waals surface area contributed by atoms with Crippen molar-refractivity contribution in [1.82, 2.24) is 0 Å². The van der Waals surface area contributed by atoms with Crippen molar-refractivity contribution in [2.45, 2.75) is 224 Å². The Morgan fingerprint density at radius 3 is 1.22 bits per heavy atom. The average Bonchev–Trinajstić information content (AvgIpc) is 3.07. The van der Waals surface area contributed by atoms with Crippen molar-refractivity contribution in [3.63, 3.8) is 0 Å². The van der Waals surface area contributed by atoms with E-state index in [0.29, 0.717) is 19.8 Å². The van der Waals surface area contributed by atoms with Crippen molar-refractivity contribution < 1.29 is 29.2 Å². The van der Waals surface area contributed by atoms with E-state index in [2.05, 4.69) is 13.8 Å². The molecule has 1 saturated heterocycles. The van der Waals surface area contributed by atoms with Crippen LogP contribution in [0.5, 0.6) is 0 Å².